The first kappa shape index (κ1) is 9.72. The number of hydrogen-bond donors (Lipinski definition) is 0. The van der Waals surface area contributed by atoms with E-state index in [0.29, 0.717) is 6.10 Å². The van der Waals surface area contributed by atoms with E-state index in [1.165, 1.54) is 24.0 Å². The molecule has 0 saturated carbocycles. The summed E-state index contributed by atoms with van der Waals surface area (Å²) in [6, 6.07) is 8.71. The van der Waals surface area contributed by atoms with Crippen LogP contribution in [0, 0.1) is 12.8 Å². The Morgan fingerprint density at radius 2 is 1.86 bits per heavy atom. The van der Waals surface area contributed by atoms with Gasteiger partial charge in [-0.2, -0.15) is 0 Å². The third-order valence-electron chi connectivity index (χ3n) is 2.95. The minimum Gasteiger partial charge on any atom is -0.373 e. The smallest absolute Gasteiger partial charge is 0.0825 e. The average Bonchev–Trinajstić information content (AvgIpc) is 2.21. The topological polar surface area (TPSA) is 9.23 Å². The summed E-state index contributed by atoms with van der Waals surface area (Å²) < 4.78 is 5.82. The first-order valence-corrected chi connectivity index (χ1v) is 5.44. The molecule has 2 rings (SSSR count). The summed E-state index contributed by atoms with van der Waals surface area (Å²) in [5.41, 5.74) is 2.65. The molecule has 0 aliphatic carbocycles. The minimum atomic E-state index is 0.340. The van der Waals surface area contributed by atoms with Gasteiger partial charge in [0.1, 0.15) is 0 Å². The van der Waals surface area contributed by atoms with Gasteiger partial charge in [0, 0.05) is 6.61 Å². The van der Waals surface area contributed by atoms with Crippen molar-refractivity contribution in [1.82, 2.24) is 0 Å². The highest BCUT2D eigenvalue weighted by Crippen LogP contribution is 2.30. The van der Waals surface area contributed by atoms with Gasteiger partial charge in [0.2, 0.25) is 0 Å². The first-order chi connectivity index (χ1) is 6.75. The van der Waals surface area contributed by atoms with Gasteiger partial charge in [-0.3, -0.25) is 0 Å². The summed E-state index contributed by atoms with van der Waals surface area (Å²) in [7, 11) is 0. The molecule has 1 aromatic carbocycles. The zero-order valence-electron chi connectivity index (χ0n) is 8.99. The number of aryl methyl sites for hydroxylation is 1. The van der Waals surface area contributed by atoms with Gasteiger partial charge in [0.05, 0.1) is 6.10 Å². The van der Waals surface area contributed by atoms with Crippen molar-refractivity contribution in [1.29, 1.82) is 0 Å². The predicted molar refractivity (Wildman–Crippen MR) is 58.3 cm³/mol. The van der Waals surface area contributed by atoms with Crippen LogP contribution >= 0.6 is 0 Å². The van der Waals surface area contributed by atoms with Crippen LogP contribution in [-0.4, -0.2) is 6.61 Å². The van der Waals surface area contributed by atoms with E-state index in [4.69, 9.17) is 4.74 Å². The number of benzene rings is 1. The fourth-order valence-electron chi connectivity index (χ4n) is 1.93. The Labute approximate surface area is 86.1 Å². The lowest BCUT2D eigenvalue weighted by Crippen LogP contribution is -2.18. The van der Waals surface area contributed by atoms with Gasteiger partial charge in [0.15, 0.2) is 0 Å². The molecule has 0 amide bonds. The molecule has 76 valence electrons. The standard InChI is InChI=1S/C13H18O/c1-10-3-6-12(7-4-10)13-8-5-11(2)9-14-13/h3-4,6-7,11,13H,5,8-9H2,1-2H3/t11?,13-/m0/s1. The molecule has 1 heterocycles. The molecule has 1 unspecified atom stereocenters. The maximum absolute atomic E-state index is 5.82. The molecule has 1 aliphatic rings. The van der Waals surface area contributed by atoms with Crippen molar-refractivity contribution in [3.63, 3.8) is 0 Å². The monoisotopic (exact) mass is 190 g/mol. The van der Waals surface area contributed by atoms with E-state index in [9.17, 15) is 0 Å². The Kier molecular flexibility index (Phi) is 2.87. The normalized spacial score (nSPS) is 27.6. The third-order valence-corrected chi connectivity index (χ3v) is 2.95. The van der Waals surface area contributed by atoms with Crippen LogP contribution < -0.4 is 0 Å². The summed E-state index contributed by atoms with van der Waals surface area (Å²) in [6.07, 6.45) is 2.80. The van der Waals surface area contributed by atoms with Crippen LogP contribution in [0.2, 0.25) is 0 Å². The molecule has 0 bridgehead atoms. The maximum Gasteiger partial charge on any atom is 0.0825 e. The van der Waals surface area contributed by atoms with Gasteiger partial charge in [-0.15, -0.1) is 0 Å². The molecule has 1 aliphatic heterocycles. The zero-order chi connectivity index (χ0) is 9.97. The highest BCUT2D eigenvalue weighted by atomic mass is 16.5. The molecule has 0 radical (unpaired) electrons. The van der Waals surface area contributed by atoms with Crippen LogP contribution in [0.15, 0.2) is 24.3 Å². The Morgan fingerprint density at radius 1 is 1.14 bits per heavy atom. The van der Waals surface area contributed by atoms with E-state index in [1.54, 1.807) is 0 Å². The van der Waals surface area contributed by atoms with Crippen molar-refractivity contribution >= 4 is 0 Å². The highest BCUT2D eigenvalue weighted by Gasteiger charge is 2.19. The van der Waals surface area contributed by atoms with Crippen LogP contribution in [-0.2, 0) is 4.74 Å². The molecule has 1 aromatic rings. The molecule has 0 spiro atoms. The lowest BCUT2D eigenvalue weighted by atomic mass is 9.95. The van der Waals surface area contributed by atoms with E-state index in [0.717, 1.165) is 12.5 Å². The first-order valence-electron chi connectivity index (χ1n) is 5.44. The van der Waals surface area contributed by atoms with Gasteiger partial charge in [0.25, 0.3) is 0 Å². The Hall–Kier alpha value is -0.820. The summed E-state index contributed by atoms with van der Waals surface area (Å²) in [6.45, 7) is 5.29. The highest BCUT2D eigenvalue weighted by molar-refractivity contribution is 5.23. The summed E-state index contributed by atoms with van der Waals surface area (Å²) >= 11 is 0. The largest absolute Gasteiger partial charge is 0.373 e. The van der Waals surface area contributed by atoms with Crippen molar-refractivity contribution in [2.24, 2.45) is 5.92 Å². The van der Waals surface area contributed by atoms with Crippen molar-refractivity contribution < 1.29 is 4.74 Å². The SMILES string of the molecule is Cc1ccc([C@@H]2CCC(C)CO2)cc1. The van der Waals surface area contributed by atoms with Crippen LogP contribution in [0.4, 0.5) is 0 Å². The number of rotatable bonds is 1. The average molecular weight is 190 g/mol. The van der Waals surface area contributed by atoms with Crippen molar-refractivity contribution in [2.45, 2.75) is 32.8 Å². The molecule has 1 nitrogen and oxygen atoms in total. The molecule has 0 aromatic heterocycles. The molecule has 1 saturated heterocycles. The van der Waals surface area contributed by atoms with Gasteiger partial charge >= 0.3 is 0 Å². The summed E-state index contributed by atoms with van der Waals surface area (Å²) in [5.74, 6) is 0.733. The van der Waals surface area contributed by atoms with Gasteiger partial charge in [-0.05, 0) is 31.2 Å². The van der Waals surface area contributed by atoms with E-state index >= 15 is 0 Å². The van der Waals surface area contributed by atoms with Crippen molar-refractivity contribution in [3.05, 3.63) is 35.4 Å². The lowest BCUT2D eigenvalue weighted by molar-refractivity contribution is -0.0123. The van der Waals surface area contributed by atoms with E-state index < -0.39 is 0 Å². The summed E-state index contributed by atoms with van der Waals surface area (Å²) in [4.78, 5) is 0. The minimum absolute atomic E-state index is 0.340. The zero-order valence-corrected chi connectivity index (χ0v) is 8.99. The van der Waals surface area contributed by atoms with Gasteiger partial charge < -0.3 is 4.74 Å². The molecular formula is C13H18O. The molecule has 2 atom stereocenters. The van der Waals surface area contributed by atoms with E-state index in [1.807, 2.05) is 0 Å². The van der Waals surface area contributed by atoms with Crippen LogP contribution in [0.25, 0.3) is 0 Å². The quantitative estimate of drug-likeness (QED) is 0.658. The predicted octanol–water partition coefficient (Wildman–Crippen LogP) is 3.48. The second-order valence-electron chi connectivity index (χ2n) is 4.42. The van der Waals surface area contributed by atoms with Crippen molar-refractivity contribution in [3.8, 4) is 0 Å². The molecule has 14 heavy (non-hydrogen) atoms. The second kappa shape index (κ2) is 4.14. The molecular weight excluding hydrogens is 172 g/mol. The van der Waals surface area contributed by atoms with Gasteiger partial charge in [-0.1, -0.05) is 36.8 Å². The van der Waals surface area contributed by atoms with Crippen LogP contribution in [0.1, 0.15) is 37.0 Å². The van der Waals surface area contributed by atoms with E-state index in [-0.39, 0.29) is 0 Å². The number of hydrogen-bond acceptors (Lipinski definition) is 1. The van der Waals surface area contributed by atoms with E-state index in [2.05, 4.69) is 38.1 Å². The molecule has 0 N–H and O–H groups in total. The Morgan fingerprint density at radius 3 is 2.43 bits per heavy atom. The maximum atomic E-state index is 5.82. The fourth-order valence-corrected chi connectivity index (χ4v) is 1.93. The molecule has 1 fully saturated rings. The van der Waals surface area contributed by atoms with Crippen LogP contribution in [0.5, 0.6) is 0 Å². The third kappa shape index (κ3) is 2.16. The van der Waals surface area contributed by atoms with Gasteiger partial charge in [-0.25, -0.2) is 0 Å². The van der Waals surface area contributed by atoms with Crippen molar-refractivity contribution in [2.75, 3.05) is 6.61 Å². The molecule has 1 heteroatoms. The number of ether oxygens (including phenoxy) is 1. The second-order valence-corrected chi connectivity index (χ2v) is 4.42. The lowest BCUT2D eigenvalue weighted by Gasteiger charge is -2.27. The Balaban J connectivity index is 2.05. The van der Waals surface area contributed by atoms with Crippen LogP contribution in [0.3, 0.4) is 0 Å². The Bertz CT molecular complexity index is 281. The summed E-state index contributed by atoms with van der Waals surface area (Å²) in [5, 5.41) is 0. The fraction of sp³-hybridized carbons (Fsp3) is 0.538.